The van der Waals surface area contributed by atoms with Crippen LogP contribution in [-0.2, 0) is 4.74 Å². The van der Waals surface area contributed by atoms with Gasteiger partial charge in [0.15, 0.2) is 11.4 Å². The van der Waals surface area contributed by atoms with Crippen LogP contribution in [0.2, 0.25) is 0 Å². The molecule has 0 aliphatic carbocycles. The second kappa shape index (κ2) is 7.62. The molecule has 8 nitrogen and oxygen atoms in total. The minimum Gasteiger partial charge on any atom is -0.475 e. The molecule has 8 heteroatoms. The van der Waals surface area contributed by atoms with E-state index in [0.29, 0.717) is 18.2 Å². The van der Waals surface area contributed by atoms with Crippen molar-refractivity contribution in [1.29, 1.82) is 0 Å². The van der Waals surface area contributed by atoms with E-state index in [1.165, 1.54) is 0 Å². The van der Waals surface area contributed by atoms with Gasteiger partial charge in [-0.05, 0) is 38.1 Å². The van der Waals surface area contributed by atoms with Crippen molar-refractivity contribution in [2.75, 3.05) is 31.2 Å². The average molecular weight is 407 g/mol. The fraction of sp³-hybridized carbons (Fsp3) is 0.364. The van der Waals surface area contributed by atoms with Crippen LogP contribution in [0.1, 0.15) is 13.8 Å². The van der Waals surface area contributed by atoms with Crippen molar-refractivity contribution in [3.63, 3.8) is 0 Å². The van der Waals surface area contributed by atoms with E-state index >= 15 is 0 Å². The minimum atomic E-state index is -0.0681. The molecular weight excluding hydrogens is 382 g/mol. The van der Waals surface area contributed by atoms with Gasteiger partial charge in [-0.25, -0.2) is 9.50 Å². The molecule has 5 rings (SSSR count). The van der Waals surface area contributed by atoms with Crippen molar-refractivity contribution >= 4 is 22.3 Å². The van der Waals surface area contributed by atoms with Crippen molar-refractivity contribution in [3.05, 3.63) is 42.6 Å². The molecule has 1 saturated heterocycles. The molecule has 4 heterocycles. The highest BCUT2D eigenvalue weighted by molar-refractivity contribution is 5.94. The number of imidazole rings is 1. The van der Waals surface area contributed by atoms with Crippen molar-refractivity contribution in [3.8, 4) is 17.3 Å². The van der Waals surface area contributed by atoms with E-state index in [0.717, 1.165) is 47.7 Å². The minimum absolute atomic E-state index is 0.0681. The molecule has 30 heavy (non-hydrogen) atoms. The van der Waals surface area contributed by atoms with Crippen molar-refractivity contribution < 1.29 is 13.9 Å². The predicted molar refractivity (Wildman–Crippen MR) is 115 cm³/mol. The third kappa shape index (κ3) is 3.48. The maximum atomic E-state index is 6.20. The lowest BCUT2D eigenvalue weighted by Gasteiger charge is -2.33. The van der Waals surface area contributed by atoms with Crippen LogP contribution in [0.25, 0.3) is 28.1 Å². The summed E-state index contributed by atoms with van der Waals surface area (Å²) in [5, 5.41) is 5.64. The monoisotopic (exact) mass is 407 g/mol. The molecule has 2 atom stereocenters. The molecular formula is C22H25N5O3. The number of ether oxygens (including phenoxy) is 2. The molecule has 1 aromatic carbocycles. The first-order valence-corrected chi connectivity index (χ1v) is 10.2. The normalized spacial score (nSPS) is 18.2. The summed E-state index contributed by atoms with van der Waals surface area (Å²) in [5.74, 6) is 1.21. The fourth-order valence-electron chi connectivity index (χ4n) is 3.80. The Morgan fingerprint density at radius 3 is 3.03 bits per heavy atom. The molecule has 1 aliphatic rings. The molecule has 4 aromatic rings. The van der Waals surface area contributed by atoms with E-state index in [9.17, 15) is 0 Å². The van der Waals surface area contributed by atoms with Gasteiger partial charge < -0.3 is 24.5 Å². The number of fused-ring (bicyclic) bond motifs is 2. The second-order valence-corrected chi connectivity index (χ2v) is 7.80. The van der Waals surface area contributed by atoms with Gasteiger partial charge in [-0.2, -0.15) is 0 Å². The second-order valence-electron chi connectivity index (χ2n) is 7.80. The zero-order chi connectivity index (χ0) is 20.7. The summed E-state index contributed by atoms with van der Waals surface area (Å²) in [5.41, 5.74) is 9.26. The molecule has 156 valence electrons. The molecule has 1 aliphatic heterocycles. The largest absolute Gasteiger partial charge is 0.475 e. The van der Waals surface area contributed by atoms with E-state index in [-0.39, 0.29) is 12.1 Å². The zero-order valence-electron chi connectivity index (χ0n) is 17.1. The van der Waals surface area contributed by atoms with E-state index < -0.39 is 0 Å². The van der Waals surface area contributed by atoms with Gasteiger partial charge in [0.2, 0.25) is 5.88 Å². The van der Waals surface area contributed by atoms with Crippen molar-refractivity contribution in [2.45, 2.75) is 26.0 Å². The number of nitrogens with zero attached hydrogens (tertiary/aromatic N) is 4. The molecule has 0 unspecified atom stereocenters. The Morgan fingerprint density at radius 1 is 1.30 bits per heavy atom. The number of hydrogen-bond donors (Lipinski definition) is 1. The van der Waals surface area contributed by atoms with Crippen molar-refractivity contribution in [1.82, 2.24) is 14.6 Å². The van der Waals surface area contributed by atoms with E-state index in [4.69, 9.17) is 19.6 Å². The highest BCUT2D eigenvalue weighted by atomic mass is 16.5. The number of aromatic nitrogens is 3. The highest BCUT2D eigenvalue weighted by Crippen LogP contribution is 2.34. The first-order chi connectivity index (χ1) is 14.6. The Bertz CT molecular complexity index is 1180. The lowest BCUT2D eigenvalue weighted by molar-refractivity contribution is 0.0533. The van der Waals surface area contributed by atoms with Crippen LogP contribution in [0.5, 0.6) is 5.88 Å². The molecule has 1 fully saturated rings. The summed E-state index contributed by atoms with van der Waals surface area (Å²) >= 11 is 0. The summed E-state index contributed by atoms with van der Waals surface area (Å²) in [6.45, 7) is 6.83. The summed E-state index contributed by atoms with van der Waals surface area (Å²) in [6.07, 6.45) is 1.98. The van der Waals surface area contributed by atoms with E-state index in [1.807, 2.05) is 25.1 Å². The van der Waals surface area contributed by atoms with Crippen LogP contribution in [0.4, 0.5) is 5.69 Å². The molecule has 0 saturated carbocycles. The Morgan fingerprint density at radius 2 is 2.20 bits per heavy atom. The highest BCUT2D eigenvalue weighted by Gasteiger charge is 2.21. The lowest BCUT2D eigenvalue weighted by Crippen LogP contribution is -2.41. The first kappa shape index (κ1) is 18.9. The van der Waals surface area contributed by atoms with Crippen molar-refractivity contribution in [2.24, 2.45) is 5.73 Å². The van der Waals surface area contributed by atoms with Crippen LogP contribution < -0.4 is 15.4 Å². The van der Waals surface area contributed by atoms with Crippen LogP contribution in [-0.4, -0.2) is 53.0 Å². The SMILES string of the molecule is C[C@@H]1CN(c2cccc3oc(-c4cnc5ccc(OC[C@@H](C)N)nn45)cc23)CCO1. The molecule has 2 N–H and O–H groups in total. The summed E-state index contributed by atoms with van der Waals surface area (Å²) in [7, 11) is 0. The number of morpholine rings is 1. The quantitative estimate of drug-likeness (QED) is 0.543. The number of anilines is 1. The molecule has 0 amide bonds. The maximum absolute atomic E-state index is 6.20. The van der Waals surface area contributed by atoms with Gasteiger partial charge in [-0.3, -0.25) is 0 Å². The van der Waals surface area contributed by atoms with Gasteiger partial charge in [0.1, 0.15) is 17.9 Å². The standard InChI is InChI=1S/C22H25N5O3/c1-14(23)13-29-22-7-6-21-24-11-18(27(21)25-22)20-10-16-17(4-3-5-19(16)30-20)26-8-9-28-15(2)12-26/h3-7,10-11,14-15H,8-9,12-13,23H2,1-2H3/t14-,15-/m1/s1. The third-order valence-electron chi connectivity index (χ3n) is 5.20. The van der Waals surface area contributed by atoms with Crippen LogP contribution >= 0.6 is 0 Å². The molecule has 0 spiro atoms. The number of hydrogen-bond acceptors (Lipinski definition) is 7. The molecule has 0 radical (unpaired) electrons. The summed E-state index contributed by atoms with van der Waals surface area (Å²) in [6, 6.07) is 11.8. The Labute approximate surface area is 174 Å². The average Bonchev–Trinajstić information content (AvgIpc) is 3.35. The lowest BCUT2D eigenvalue weighted by atomic mass is 10.1. The maximum Gasteiger partial charge on any atom is 0.231 e. The first-order valence-electron chi connectivity index (χ1n) is 10.2. The number of nitrogens with two attached hydrogens (primary N) is 1. The third-order valence-corrected chi connectivity index (χ3v) is 5.20. The topological polar surface area (TPSA) is 91.0 Å². The van der Waals surface area contributed by atoms with E-state index in [1.54, 1.807) is 16.8 Å². The summed E-state index contributed by atoms with van der Waals surface area (Å²) in [4.78, 5) is 6.81. The number of rotatable bonds is 5. The predicted octanol–water partition coefficient (Wildman–Crippen LogP) is 3.09. The summed E-state index contributed by atoms with van der Waals surface area (Å²) < 4.78 is 19.3. The van der Waals surface area contributed by atoms with Crippen LogP contribution in [0.15, 0.2) is 47.0 Å². The Balaban J connectivity index is 1.54. The van der Waals surface area contributed by atoms with Gasteiger partial charge in [-0.1, -0.05) is 6.07 Å². The van der Waals surface area contributed by atoms with Gasteiger partial charge in [0, 0.05) is 36.3 Å². The van der Waals surface area contributed by atoms with Crippen LogP contribution in [0.3, 0.4) is 0 Å². The van der Waals surface area contributed by atoms with Gasteiger partial charge in [-0.15, -0.1) is 5.10 Å². The fourth-order valence-corrected chi connectivity index (χ4v) is 3.80. The van der Waals surface area contributed by atoms with Gasteiger partial charge >= 0.3 is 0 Å². The molecule has 0 bridgehead atoms. The van der Waals surface area contributed by atoms with Gasteiger partial charge in [0.25, 0.3) is 0 Å². The molecule has 3 aromatic heterocycles. The van der Waals surface area contributed by atoms with E-state index in [2.05, 4.69) is 34.0 Å². The Kier molecular flexibility index (Phi) is 4.80. The zero-order valence-corrected chi connectivity index (χ0v) is 17.1. The Hall–Kier alpha value is -3.10. The number of furan rings is 1. The van der Waals surface area contributed by atoms with Gasteiger partial charge in [0.05, 0.1) is 18.9 Å². The van der Waals surface area contributed by atoms with Crippen LogP contribution in [0, 0.1) is 0 Å². The number of benzene rings is 1. The smallest absolute Gasteiger partial charge is 0.231 e.